The molecule has 40 heavy (non-hydrogen) atoms. The van der Waals surface area contributed by atoms with Crippen LogP contribution in [0, 0.1) is 0 Å². The van der Waals surface area contributed by atoms with Crippen LogP contribution in [0.15, 0.2) is 128 Å². The third-order valence-electron chi connectivity index (χ3n) is 6.18. The van der Waals surface area contributed by atoms with E-state index in [4.69, 9.17) is 9.84 Å². The molecular weight excluding hydrogens is 498 g/mol. The fourth-order valence-corrected chi connectivity index (χ4v) is 4.12. The van der Waals surface area contributed by atoms with Crippen molar-refractivity contribution in [3.8, 4) is 22.7 Å². The number of para-hydroxylation sites is 1. The van der Waals surface area contributed by atoms with Gasteiger partial charge in [-0.3, -0.25) is 9.59 Å². The number of rotatable bonds is 9. The number of anilines is 1. The predicted octanol–water partition coefficient (Wildman–Crippen LogP) is 7.10. The van der Waals surface area contributed by atoms with Gasteiger partial charge in [0.2, 0.25) is 5.91 Å². The van der Waals surface area contributed by atoms with Gasteiger partial charge in [-0.1, -0.05) is 66.7 Å². The molecule has 0 aliphatic carbocycles. The van der Waals surface area contributed by atoms with E-state index in [-0.39, 0.29) is 11.7 Å². The van der Waals surface area contributed by atoms with Crippen molar-refractivity contribution in [2.45, 2.75) is 0 Å². The number of ketones is 1. The maximum absolute atomic E-state index is 12.7. The predicted molar refractivity (Wildman–Crippen MR) is 159 cm³/mol. The minimum atomic E-state index is -0.288. The van der Waals surface area contributed by atoms with Crippen LogP contribution in [0.2, 0.25) is 0 Å². The van der Waals surface area contributed by atoms with Gasteiger partial charge in [-0.05, 0) is 66.2 Å². The first-order valence-corrected chi connectivity index (χ1v) is 12.8. The van der Waals surface area contributed by atoms with Crippen molar-refractivity contribution < 1.29 is 14.3 Å². The average Bonchev–Trinajstić information content (AvgIpc) is 3.44. The van der Waals surface area contributed by atoms with Gasteiger partial charge < -0.3 is 10.1 Å². The van der Waals surface area contributed by atoms with Crippen LogP contribution in [0.3, 0.4) is 0 Å². The summed E-state index contributed by atoms with van der Waals surface area (Å²) in [5.74, 6) is 0.304. The van der Waals surface area contributed by atoms with Gasteiger partial charge in [0.25, 0.3) is 0 Å². The first kappa shape index (κ1) is 26.1. The van der Waals surface area contributed by atoms with E-state index in [1.807, 2.05) is 91.1 Å². The van der Waals surface area contributed by atoms with E-state index in [9.17, 15) is 9.59 Å². The van der Waals surface area contributed by atoms with Gasteiger partial charge >= 0.3 is 0 Å². The number of carbonyl (C=O) groups is 2. The van der Waals surface area contributed by atoms with Gasteiger partial charge in [0.1, 0.15) is 5.75 Å². The first-order valence-electron chi connectivity index (χ1n) is 12.8. The maximum atomic E-state index is 12.7. The number of aromatic nitrogens is 2. The fourth-order valence-electron chi connectivity index (χ4n) is 4.12. The second-order valence-electron chi connectivity index (χ2n) is 8.95. The largest absolute Gasteiger partial charge is 0.497 e. The Morgan fingerprint density at radius 2 is 1.52 bits per heavy atom. The van der Waals surface area contributed by atoms with E-state index in [1.54, 1.807) is 48.2 Å². The molecule has 0 unspecified atom stereocenters. The third-order valence-corrected chi connectivity index (χ3v) is 6.18. The van der Waals surface area contributed by atoms with Crippen molar-refractivity contribution in [2.75, 3.05) is 12.4 Å². The minimum Gasteiger partial charge on any atom is -0.497 e. The lowest BCUT2D eigenvalue weighted by Crippen LogP contribution is -2.07. The van der Waals surface area contributed by atoms with Gasteiger partial charge in [-0.25, -0.2) is 4.68 Å². The van der Waals surface area contributed by atoms with E-state index >= 15 is 0 Å². The Morgan fingerprint density at radius 3 is 2.25 bits per heavy atom. The molecule has 0 aliphatic heterocycles. The van der Waals surface area contributed by atoms with Crippen molar-refractivity contribution >= 4 is 29.5 Å². The van der Waals surface area contributed by atoms with Gasteiger partial charge in [0.15, 0.2) is 5.78 Å². The first-order chi connectivity index (χ1) is 19.6. The Hall–Kier alpha value is -5.49. The smallest absolute Gasteiger partial charge is 0.248 e. The number of nitrogens with one attached hydrogen (secondary N) is 1. The summed E-state index contributed by atoms with van der Waals surface area (Å²) in [4.78, 5) is 25.3. The lowest BCUT2D eigenvalue weighted by atomic mass is 10.1. The third kappa shape index (κ3) is 6.49. The molecule has 0 fully saturated rings. The SMILES string of the molecule is COc1cccc(/C=C/C(=O)c2ccc(NC(=O)/C=C/c3cn(-c4ccccc4)nc3-c3ccccc3)cc2)c1. The molecule has 1 heterocycles. The molecule has 0 saturated heterocycles. The maximum Gasteiger partial charge on any atom is 0.248 e. The molecule has 0 aliphatic rings. The molecule has 1 amide bonds. The highest BCUT2D eigenvalue weighted by Crippen LogP contribution is 2.25. The van der Waals surface area contributed by atoms with Crippen molar-refractivity contribution in [3.05, 3.63) is 144 Å². The summed E-state index contributed by atoms with van der Waals surface area (Å²) in [5.41, 5.74) is 5.45. The van der Waals surface area contributed by atoms with Crippen molar-refractivity contribution in [2.24, 2.45) is 0 Å². The lowest BCUT2D eigenvalue weighted by Gasteiger charge is -2.03. The second kappa shape index (κ2) is 12.4. The Kier molecular flexibility index (Phi) is 8.08. The Morgan fingerprint density at radius 1 is 0.800 bits per heavy atom. The molecule has 1 N–H and O–H groups in total. The van der Waals surface area contributed by atoms with Crippen LogP contribution in [-0.4, -0.2) is 28.6 Å². The van der Waals surface area contributed by atoms with Crippen molar-refractivity contribution in [1.82, 2.24) is 9.78 Å². The number of hydrogen-bond donors (Lipinski definition) is 1. The number of carbonyl (C=O) groups excluding carboxylic acids is 2. The van der Waals surface area contributed by atoms with Crippen LogP contribution in [-0.2, 0) is 4.79 Å². The van der Waals surface area contributed by atoms with Gasteiger partial charge in [-0.2, -0.15) is 5.10 Å². The summed E-state index contributed by atoms with van der Waals surface area (Å²) in [5, 5.41) is 7.62. The van der Waals surface area contributed by atoms with Crippen molar-refractivity contribution in [1.29, 1.82) is 0 Å². The second-order valence-corrected chi connectivity index (χ2v) is 8.95. The molecule has 196 valence electrons. The Labute approximate surface area is 232 Å². The monoisotopic (exact) mass is 525 g/mol. The summed E-state index contributed by atoms with van der Waals surface area (Å²) < 4.78 is 7.02. The topological polar surface area (TPSA) is 73.2 Å². The zero-order valence-electron chi connectivity index (χ0n) is 21.9. The van der Waals surface area contributed by atoms with Gasteiger partial charge in [0.05, 0.1) is 18.5 Å². The standard InChI is InChI=1S/C34H27N3O3/c1-40-31-14-8-9-25(23-31)15-21-32(38)26-16-19-29(20-17-26)35-33(39)22-18-28-24-37(30-12-6-3-7-13-30)36-34(28)27-10-4-2-5-11-27/h2-24H,1H3,(H,35,39)/b21-15+,22-18+. The molecule has 0 bridgehead atoms. The average molecular weight is 526 g/mol. The molecule has 0 radical (unpaired) electrons. The number of hydrogen-bond acceptors (Lipinski definition) is 4. The van der Waals surface area contributed by atoms with Crippen LogP contribution in [0.5, 0.6) is 5.75 Å². The number of allylic oxidation sites excluding steroid dienone is 1. The summed E-state index contributed by atoms with van der Waals surface area (Å²) >= 11 is 0. The summed E-state index contributed by atoms with van der Waals surface area (Å²) in [6.45, 7) is 0. The molecule has 4 aromatic carbocycles. The molecule has 1 aromatic heterocycles. The van der Waals surface area contributed by atoms with Crippen LogP contribution in [0.25, 0.3) is 29.1 Å². The highest BCUT2D eigenvalue weighted by molar-refractivity contribution is 6.07. The van der Waals surface area contributed by atoms with E-state index in [2.05, 4.69) is 5.32 Å². The Balaban J connectivity index is 1.27. The quantitative estimate of drug-likeness (QED) is 0.165. The molecule has 5 rings (SSSR count). The van der Waals surface area contributed by atoms with E-state index in [0.717, 1.165) is 33.8 Å². The van der Waals surface area contributed by atoms with E-state index in [0.29, 0.717) is 11.3 Å². The van der Waals surface area contributed by atoms with Gasteiger partial charge in [0, 0.05) is 34.7 Å². The molecule has 5 aromatic rings. The summed E-state index contributed by atoms with van der Waals surface area (Å²) in [7, 11) is 1.60. The van der Waals surface area contributed by atoms with E-state index < -0.39 is 0 Å². The zero-order chi connectivity index (χ0) is 27.7. The lowest BCUT2D eigenvalue weighted by molar-refractivity contribution is -0.111. The molecule has 0 atom stereocenters. The van der Waals surface area contributed by atoms with Gasteiger partial charge in [-0.15, -0.1) is 0 Å². The highest BCUT2D eigenvalue weighted by atomic mass is 16.5. The number of amides is 1. The summed E-state index contributed by atoms with van der Waals surface area (Å²) in [6, 6.07) is 33.9. The Bertz CT molecular complexity index is 1670. The van der Waals surface area contributed by atoms with Crippen LogP contribution in [0.1, 0.15) is 21.5 Å². The van der Waals surface area contributed by atoms with Crippen molar-refractivity contribution in [3.63, 3.8) is 0 Å². The molecule has 0 saturated carbocycles. The number of benzene rings is 4. The number of methoxy groups -OCH3 is 1. The van der Waals surface area contributed by atoms with E-state index in [1.165, 1.54) is 12.2 Å². The van der Waals surface area contributed by atoms with Crippen LogP contribution >= 0.6 is 0 Å². The van der Waals surface area contributed by atoms with Crippen LogP contribution < -0.4 is 10.1 Å². The normalized spacial score (nSPS) is 11.1. The molecule has 6 heteroatoms. The fraction of sp³-hybridized carbons (Fsp3) is 0.0294. The summed E-state index contributed by atoms with van der Waals surface area (Å²) in [6.07, 6.45) is 8.40. The zero-order valence-corrected chi connectivity index (χ0v) is 21.9. The number of ether oxygens (including phenoxy) is 1. The molecule has 6 nitrogen and oxygen atoms in total. The highest BCUT2D eigenvalue weighted by Gasteiger charge is 2.11. The minimum absolute atomic E-state index is 0.135. The van der Waals surface area contributed by atoms with Crippen LogP contribution in [0.4, 0.5) is 5.69 Å². The molecule has 0 spiro atoms. The molecular formula is C34H27N3O3. The number of nitrogens with zero attached hydrogens (tertiary/aromatic N) is 2.